The Bertz CT molecular complexity index is 952. The molecular weight excluding hydrogens is 492 g/mol. The summed E-state index contributed by atoms with van der Waals surface area (Å²) in [5.74, 6) is -0.665. The molecule has 4 rings (SSSR count). The van der Waals surface area contributed by atoms with E-state index < -0.39 is 0 Å². The van der Waals surface area contributed by atoms with Crippen LogP contribution >= 0.6 is 31.9 Å². The van der Waals surface area contributed by atoms with E-state index in [0.717, 1.165) is 24.0 Å². The topological polar surface area (TPSA) is 20.3 Å². The highest BCUT2D eigenvalue weighted by Gasteiger charge is 2.44. The number of ketones is 1. The monoisotopic (exact) mass is 507 g/mol. The zero-order chi connectivity index (χ0) is 20.0. The molecule has 0 aliphatic carbocycles. The van der Waals surface area contributed by atoms with Gasteiger partial charge in [0, 0.05) is 23.2 Å². The predicted octanol–water partition coefficient (Wildman–Crippen LogP) is 6.00. The van der Waals surface area contributed by atoms with Crippen molar-refractivity contribution in [3.05, 3.63) is 79.3 Å². The maximum absolute atomic E-state index is 13.5. The second kappa shape index (κ2) is 7.65. The largest absolute Gasteiger partial charge is 0.292 e. The molecule has 2 saturated heterocycles. The number of rotatable bonds is 2. The van der Waals surface area contributed by atoms with Crippen LogP contribution in [0.25, 0.3) is 12.2 Å². The molecule has 0 saturated carbocycles. The molecule has 0 aromatic heterocycles. The number of likely N-dealkylation sites (N-methyl/N-ethyl adjacent to an activating group) is 1. The molecule has 2 aromatic rings. The van der Waals surface area contributed by atoms with E-state index in [1.54, 1.807) is 24.3 Å². The molecule has 144 valence electrons. The van der Waals surface area contributed by atoms with Gasteiger partial charge in [0.25, 0.3) is 0 Å². The number of fused-ring (bicyclic) bond motifs is 2. The zero-order valence-corrected chi connectivity index (χ0v) is 18.2. The molecule has 2 aliphatic rings. The van der Waals surface area contributed by atoms with E-state index in [2.05, 4.69) is 36.8 Å². The van der Waals surface area contributed by atoms with Gasteiger partial charge in [-0.3, -0.25) is 9.69 Å². The van der Waals surface area contributed by atoms with Crippen LogP contribution < -0.4 is 0 Å². The van der Waals surface area contributed by atoms with Gasteiger partial charge in [-0.25, -0.2) is 8.78 Å². The van der Waals surface area contributed by atoms with Crippen LogP contribution in [0, 0.1) is 11.6 Å². The molecule has 2 aromatic carbocycles. The van der Waals surface area contributed by atoms with Crippen LogP contribution in [0.5, 0.6) is 0 Å². The average molecular weight is 509 g/mol. The molecule has 2 atom stereocenters. The van der Waals surface area contributed by atoms with E-state index in [1.807, 2.05) is 19.2 Å². The van der Waals surface area contributed by atoms with Crippen molar-refractivity contribution >= 4 is 49.8 Å². The highest BCUT2D eigenvalue weighted by atomic mass is 79.9. The third kappa shape index (κ3) is 3.53. The fourth-order valence-corrected chi connectivity index (χ4v) is 4.84. The van der Waals surface area contributed by atoms with Gasteiger partial charge < -0.3 is 0 Å². The van der Waals surface area contributed by atoms with Crippen molar-refractivity contribution in [2.45, 2.75) is 24.9 Å². The Balaban J connectivity index is 1.77. The molecule has 0 N–H and O–H groups in total. The molecule has 28 heavy (non-hydrogen) atoms. The SMILES string of the molecule is CN1C2CCC1/C(=C\c1ccc(F)c(Br)c1)C(=O)/C2=C/c1ccc(F)c(Br)c1. The van der Waals surface area contributed by atoms with E-state index in [4.69, 9.17) is 0 Å². The van der Waals surface area contributed by atoms with Crippen LogP contribution in [0.4, 0.5) is 8.78 Å². The smallest absolute Gasteiger partial charge is 0.188 e. The van der Waals surface area contributed by atoms with Crippen molar-refractivity contribution < 1.29 is 13.6 Å². The first-order valence-corrected chi connectivity index (χ1v) is 10.5. The van der Waals surface area contributed by atoms with Crippen LogP contribution in [0.3, 0.4) is 0 Å². The number of Topliss-reactive ketones (excluding diaryl/α,β-unsaturated/α-hetero) is 1. The Hall–Kier alpha value is -1.63. The second-order valence-electron chi connectivity index (χ2n) is 7.15. The lowest BCUT2D eigenvalue weighted by Gasteiger charge is -2.34. The molecular formula is C22H17Br2F2NO. The quantitative estimate of drug-likeness (QED) is 0.463. The Morgan fingerprint density at radius 1 is 0.893 bits per heavy atom. The Morgan fingerprint density at radius 3 is 1.71 bits per heavy atom. The Kier molecular flexibility index (Phi) is 5.38. The molecule has 6 heteroatoms. The van der Waals surface area contributed by atoms with Crippen molar-refractivity contribution in [2.24, 2.45) is 0 Å². The lowest BCUT2D eigenvalue weighted by atomic mass is 9.88. The van der Waals surface area contributed by atoms with Gasteiger partial charge >= 0.3 is 0 Å². The Labute approximate surface area is 179 Å². The minimum atomic E-state index is -0.336. The molecule has 2 aliphatic heterocycles. The zero-order valence-electron chi connectivity index (χ0n) is 15.1. The van der Waals surface area contributed by atoms with Gasteiger partial charge in [-0.05, 0) is 99.3 Å². The van der Waals surface area contributed by atoms with Crippen LogP contribution in [-0.2, 0) is 4.79 Å². The average Bonchev–Trinajstić information content (AvgIpc) is 2.97. The molecule has 2 heterocycles. The van der Waals surface area contributed by atoms with E-state index in [9.17, 15) is 13.6 Å². The van der Waals surface area contributed by atoms with Crippen molar-refractivity contribution in [3.63, 3.8) is 0 Å². The van der Waals surface area contributed by atoms with Gasteiger partial charge in [0.2, 0.25) is 0 Å². The fraction of sp³-hybridized carbons (Fsp3) is 0.227. The highest BCUT2D eigenvalue weighted by molar-refractivity contribution is 9.10. The standard InChI is InChI=1S/C22H17Br2F2NO/c1-27-20-6-7-21(27)15(9-13-3-5-19(26)17(24)11-13)22(28)14(20)8-12-2-4-18(25)16(23)10-12/h2-5,8-11,20-21H,6-7H2,1H3/b14-8+,15-9+. The third-order valence-electron chi connectivity index (χ3n) is 5.47. The molecule has 2 nitrogen and oxygen atoms in total. The molecule has 0 radical (unpaired) electrons. The summed E-state index contributed by atoms with van der Waals surface area (Å²) < 4.78 is 27.8. The number of nitrogens with zero attached hydrogens (tertiary/aromatic N) is 1. The van der Waals surface area contributed by atoms with Crippen LogP contribution in [0.2, 0.25) is 0 Å². The summed E-state index contributed by atoms with van der Waals surface area (Å²) in [6, 6.07) is 9.57. The minimum absolute atomic E-state index is 0.00601. The highest BCUT2D eigenvalue weighted by Crippen LogP contribution is 2.40. The van der Waals surface area contributed by atoms with Gasteiger partial charge in [-0.15, -0.1) is 0 Å². The summed E-state index contributed by atoms with van der Waals surface area (Å²) in [7, 11) is 2.03. The van der Waals surface area contributed by atoms with E-state index >= 15 is 0 Å². The van der Waals surface area contributed by atoms with E-state index in [1.165, 1.54) is 12.1 Å². The molecule has 2 unspecified atom stereocenters. The van der Waals surface area contributed by atoms with Crippen LogP contribution in [0.1, 0.15) is 24.0 Å². The molecule has 0 spiro atoms. The van der Waals surface area contributed by atoms with Gasteiger partial charge in [0.15, 0.2) is 5.78 Å². The first-order chi connectivity index (χ1) is 13.3. The van der Waals surface area contributed by atoms with Gasteiger partial charge in [-0.1, -0.05) is 12.1 Å². The van der Waals surface area contributed by atoms with Gasteiger partial charge in [0.1, 0.15) is 11.6 Å². The van der Waals surface area contributed by atoms with Crippen molar-refractivity contribution in [2.75, 3.05) is 7.05 Å². The summed E-state index contributed by atoms with van der Waals surface area (Å²) in [5, 5.41) is 0. The number of hydrogen-bond acceptors (Lipinski definition) is 2. The number of carbonyl (C=O) groups excluding carboxylic acids is 1. The third-order valence-corrected chi connectivity index (χ3v) is 6.69. The number of carbonyl (C=O) groups is 1. The summed E-state index contributed by atoms with van der Waals surface area (Å²) in [6.45, 7) is 0. The maximum atomic E-state index is 13.5. The molecule has 2 bridgehead atoms. The number of benzene rings is 2. The van der Waals surface area contributed by atoms with Gasteiger partial charge in [0.05, 0.1) is 8.95 Å². The van der Waals surface area contributed by atoms with Crippen molar-refractivity contribution in [1.82, 2.24) is 4.90 Å². The van der Waals surface area contributed by atoms with Crippen molar-refractivity contribution in [3.8, 4) is 0 Å². The summed E-state index contributed by atoms with van der Waals surface area (Å²) in [4.78, 5) is 15.5. The first-order valence-electron chi connectivity index (χ1n) is 8.95. The fourth-order valence-electron chi connectivity index (χ4n) is 4.05. The summed E-state index contributed by atoms with van der Waals surface area (Å²) >= 11 is 6.40. The normalized spacial score (nSPS) is 25.1. The van der Waals surface area contributed by atoms with Crippen LogP contribution in [-0.4, -0.2) is 29.8 Å². The number of piperidine rings is 1. The van der Waals surface area contributed by atoms with Crippen molar-refractivity contribution in [1.29, 1.82) is 0 Å². The molecule has 0 amide bonds. The number of halogens is 4. The van der Waals surface area contributed by atoms with Gasteiger partial charge in [-0.2, -0.15) is 0 Å². The lowest BCUT2D eigenvalue weighted by molar-refractivity contribution is -0.114. The number of hydrogen-bond donors (Lipinski definition) is 0. The maximum Gasteiger partial charge on any atom is 0.188 e. The Morgan fingerprint density at radius 2 is 1.32 bits per heavy atom. The predicted molar refractivity (Wildman–Crippen MR) is 114 cm³/mol. The summed E-state index contributed by atoms with van der Waals surface area (Å²) in [6.07, 6.45) is 5.49. The molecule has 2 fully saturated rings. The first kappa shape index (κ1) is 19.7. The van der Waals surface area contributed by atoms with Crippen LogP contribution in [0.15, 0.2) is 56.5 Å². The lowest BCUT2D eigenvalue weighted by Crippen LogP contribution is -2.43. The van der Waals surface area contributed by atoms with E-state index in [0.29, 0.717) is 20.1 Å². The second-order valence-corrected chi connectivity index (χ2v) is 8.86. The van der Waals surface area contributed by atoms with E-state index in [-0.39, 0.29) is 29.5 Å². The summed E-state index contributed by atoms with van der Waals surface area (Å²) in [5.41, 5.74) is 2.97. The minimum Gasteiger partial charge on any atom is -0.292 e.